The largest absolute Gasteiger partial charge is 0.207 e. The van der Waals surface area contributed by atoms with E-state index >= 15 is 0 Å². The first-order valence-electron chi connectivity index (χ1n) is 14.3. The van der Waals surface area contributed by atoms with Crippen LogP contribution in [0.4, 0.5) is 22.0 Å². The molecule has 0 atom stereocenters. The van der Waals surface area contributed by atoms with E-state index in [0.29, 0.717) is 43.8 Å². The fourth-order valence-electron chi connectivity index (χ4n) is 5.96. The molecule has 0 amide bonds. The van der Waals surface area contributed by atoms with Gasteiger partial charge < -0.3 is 0 Å². The molecular weight excluding hydrogens is 575 g/mol. The van der Waals surface area contributed by atoms with E-state index in [9.17, 15) is 22.0 Å². The van der Waals surface area contributed by atoms with E-state index in [1.54, 1.807) is 30.3 Å². The summed E-state index contributed by atoms with van der Waals surface area (Å²) in [4.78, 5) is 0. The van der Waals surface area contributed by atoms with E-state index in [4.69, 9.17) is 0 Å². The lowest BCUT2D eigenvalue weighted by Crippen LogP contribution is -1.94. The molecule has 0 aliphatic heterocycles. The van der Waals surface area contributed by atoms with Crippen molar-refractivity contribution in [3.8, 4) is 22.3 Å². The van der Waals surface area contributed by atoms with Gasteiger partial charge in [0.05, 0.1) is 0 Å². The van der Waals surface area contributed by atoms with Crippen LogP contribution in [0.15, 0.2) is 140 Å². The summed E-state index contributed by atoms with van der Waals surface area (Å²) >= 11 is 0. The third kappa shape index (κ3) is 5.27. The van der Waals surface area contributed by atoms with E-state index < -0.39 is 29.1 Å². The second-order valence-corrected chi connectivity index (χ2v) is 10.8. The van der Waals surface area contributed by atoms with Crippen LogP contribution in [-0.4, -0.2) is 0 Å². The Labute approximate surface area is 255 Å². The lowest BCUT2D eigenvalue weighted by molar-refractivity contribution is 0.509. The van der Waals surface area contributed by atoms with Crippen LogP contribution >= 0.6 is 0 Å². The van der Waals surface area contributed by atoms with Gasteiger partial charge in [0.2, 0.25) is 0 Å². The minimum Gasteiger partial charge on any atom is -0.207 e. The highest BCUT2D eigenvalue weighted by Crippen LogP contribution is 2.44. The van der Waals surface area contributed by atoms with Gasteiger partial charge in [0, 0.05) is 0 Å². The highest BCUT2D eigenvalue weighted by molar-refractivity contribution is 6.21. The topological polar surface area (TPSA) is 0 Å². The maximum Gasteiger partial charge on any atom is 0.159 e. The van der Waals surface area contributed by atoms with Gasteiger partial charge in [0.25, 0.3) is 0 Å². The average molecular weight is 599 g/mol. The van der Waals surface area contributed by atoms with Crippen LogP contribution in [0.2, 0.25) is 0 Å². The summed E-state index contributed by atoms with van der Waals surface area (Å²) in [5.74, 6) is -4.48. The third-order valence-corrected chi connectivity index (χ3v) is 8.02. The van der Waals surface area contributed by atoms with Crippen LogP contribution in [0.25, 0.3) is 65.3 Å². The van der Waals surface area contributed by atoms with Gasteiger partial charge in [0.15, 0.2) is 23.3 Å². The molecule has 0 nitrogen and oxygen atoms in total. The minimum atomic E-state index is -1.02. The highest BCUT2D eigenvalue weighted by atomic mass is 19.2. The Morgan fingerprint density at radius 2 is 0.689 bits per heavy atom. The Morgan fingerprint density at radius 1 is 0.289 bits per heavy atom. The standard InChI is InChI=1S/C26H13F5.C14H10/c27-16-7-8-19-20(13-16)26(15-6-10-22(29)24(31)12-15)18-4-2-1-3-17(18)25(19)14-5-9-21(28)23(30)11-14;1-2-6-12-10-14-8-4-3-7-13(14)9-11(12)5-1/h1-13H;1-10H. The van der Waals surface area contributed by atoms with Crippen LogP contribution in [0.5, 0.6) is 0 Å². The van der Waals surface area contributed by atoms with Crippen LogP contribution in [-0.2, 0) is 0 Å². The monoisotopic (exact) mass is 598 g/mol. The molecular formula is C40H23F5. The van der Waals surface area contributed by atoms with Crippen molar-refractivity contribution >= 4 is 43.1 Å². The summed E-state index contributed by atoms with van der Waals surface area (Å²) in [6.45, 7) is 0. The number of fused-ring (bicyclic) bond motifs is 4. The van der Waals surface area contributed by atoms with E-state index in [1.165, 1.54) is 45.8 Å². The molecule has 0 heterocycles. The molecule has 8 rings (SSSR count). The first-order valence-corrected chi connectivity index (χ1v) is 14.3. The molecule has 0 unspecified atom stereocenters. The summed E-state index contributed by atoms with van der Waals surface area (Å²) in [5, 5.41) is 7.60. The van der Waals surface area contributed by atoms with Crippen molar-refractivity contribution in [2.45, 2.75) is 0 Å². The zero-order valence-corrected chi connectivity index (χ0v) is 23.7. The zero-order chi connectivity index (χ0) is 31.1. The second-order valence-electron chi connectivity index (χ2n) is 10.8. The summed E-state index contributed by atoms with van der Waals surface area (Å²) < 4.78 is 69.5. The summed E-state index contributed by atoms with van der Waals surface area (Å²) in [7, 11) is 0. The van der Waals surface area contributed by atoms with Gasteiger partial charge in [-0.2, -0.15) is 0 Å². The van der Waals surface area contributed by atoms with Gasteiger partial charge in [-0.1, -0.05) is 91.0 Å². The third-order valence-electron chi connectivity index (χ3n) is 8.02. The summed E-state index contributed by atoms with van der Waals surface area (Å²) in [6.07, 6.45) is 0. The molecule has 45 heavy (non-hydrogen) atoms. The molecule has 0 radical (unpaired) electrons. The van der Waals surface area contributed by atoms with Crippen molar-refractivity contribution in [2.24, 2.45) is 0 Å². The summed E-state index contributed by atoms with van der Waals surface area (Å²) in [5.41, 5.74) is 1.91. The lowest BCUT2D eigenvalue weighted by Gasteiger charge is -2.18. The summed E-state index contributed by atoms with van der Waals surface area (Å²) in [6, 6.07) is 39.8. The lowest BCUT2D eigenvalue weighted by atomic mass is 9.86. The van der Waals surface area contributed by atoms with Crippen molar-refractivity contribution < 1.29 is 22.0 Å². The number of hydrogen-bond donors (Lipinski definition) is 0. The normalized spacial score (nSPS) is 11.2. The first-order chi connectivity index (χ1) is 21.9. The Morgan fingerprint density at radius 3 is 1.13 bits per heavy atom. The average Bonchev–Trinajstić information content (AvgIpc) is 3.05. The van der Waals surface area contributed by atoms with E-state index in [-0.39, 0.29) is 0 Å². The number of benzene rings is 8. The smallest absolute Gasteiger partial charge is 0.159 e. The molecule has 218 valence electrons. The van der Waals surface area contributed by atoms with Crippen LogP contribution in [0.1, 0.15) is 0 Å². The molecule has 0 fully saturated rings. The van der Waals surface area contributed by atoms with E-state index in [0.717, 1.165) is 24.3 Å². The van der Waals surface area contributed by atoms with Crippen LogP contribution in [0, 0.1) is 29.1 Å². The maximum absolute atomic E-state index is 14.3. The predicted octanol–water partition coefficient (Wildman–Crippen LogP) is 12.0. The van der Waals surface area contributed by atoms with E-state index in [2.05, 4.69) is 60.7 Å². The molecule has 0 aromatic heterocycles. The Bertz CT molecular complexity index is 2290. The first kappa shape index (κ1) is 28.2. The van der Waals surface area contributed by atoms with Crippen molar-refractivity contribution in [2.75, 3.05) is 0 Å². The van der Waals surface area contributed by atoms with Crippen LogP contribution in [0.3, 0.4) is 0 Å². The van der Waals surface area contributed by atoms with Gasteiger partial charge in [-0.05, 0) is 114 Å². The zero-order valence-electron chi connectivity index (χ0n) is 23.7. The fraction of sp³-hybridized carbons (Fsp3) is 0. The number of hydrogen-bond acceptors (Lipinski definition) is 0. The van der Waals surface area contributed by atoms with Gasteiger partial charge in [0.1, 0.15) is 5.82 Å². The molecule has 8 aromatic rings. The number of halogens is 5. The van der Waals surface area contributed by atoms with Gasteiger partial charge in [-0.25, -0.2) is 22.0 Å². The molecule has 5 heteroatoms. The van der Waals surface area contributed by atoms with Crippen LogP contribution < -0.4 is 0 Å². The Hall–Kier alpha value is -5.55. The van der Waals surface area contributed by atoms with Gasteiger partial charge >= 0.3 is 0 Å². The fourth-order valence-corrected chi connectivity index (χ4v) is 5.96. The Balaban J connectivity index is 0.000000192. The predicted molar refractivity (Wildman–Crippen MR) is 174 cm³/mol. The minimum absolute atomic E-state index is 0.377. The quantitative estimate of drug-likeness (QED) is 0.137. The highest BCUT2D eigenvalue weighted by Gasteiger charge is 2.19. The Kier molecular flexibility index (Phi) is 7.22. The van der Waals surface area contributed by atoms with Gasteiger partial charge in [-0.3, -0.25) is 0 Å². The molecule has 0 bridgehead atoms. The molecule has 0 saturated heterocycles. The molecule has 0 aliphatic rings. The van der Waals surface area contributed by atoms with Crippen molar-refractivity contribution in [3.05, 3.63) is 169 Å². The second kappa shape index (κ2) is 11.5. The number of rotatable bonds is 2. The molecule has 8 aromatic carbocycles. The molecule has 0 N–H and O–H groups in total. The maximum atomic E-state index is 14.3. The van der Waals surface area contributed by atoms with Gasteiger partial charge in [-0.15, -0.1) is 0 Å². The van der Waals surface area contributed by atoms with Crippen molar-refractivity contribution in [1.29, 1.82) is 0 Å². The van der Waals surface area contributed by atoms with Crippen molar-refractivity contribution in [3.63, 3.8) is 0 Å². The molecule has 0 spiro atoms. The molecule has 0 aliphatic carbocycles. The molecule has 0 saturated carbocycles. The SMILES string of the molecule is Fc1ccc2c(-c3ccc(F)c(F)c3)c3ccccc3c(-c3ccc(F)c(F)c3)c2c1.c1ccc2cc3ccccc3cc2c1. The van der Waals surface area contributed by atoms with Crippen molar-refractivity contribution in [1.82, 2.24) is 0 Å². The van der Waals surface area contributed by atoms with E-state index in [1.807, 2.05) is 0 Å².